The number of para-hydroxylation sites is 1. The van der Waals surface area contributed by atoms with E-state index in [-0.39, 0.29) is 41.4 Å². The van der Waals surface area contributed by atoms with Crippen molar-refractivity contribution in [3.63, 3.8) is 0 Å². The van der Waals surface area contributed by atoms with E-state index in [1.165, 1.54) is 0 Å². The van der Waals surface area contributed by atoms with Gasteiger partial charge in [-0.1, -0.05) is 39.0 Å². The number of benzene rings is 1. The molecule has 1 atom stereocenters. The van der Waals surface area contributed by atoms with Crippen LogP contribution in [0.4, 0.5) is 0 Å². The first-order valence-electron chi connectivity index (χ1n) is 9.26. The number of halogens is 1. The van der Waals surface area contributed by atoms with Crippen LogP contribution in [0, 0.1) is 12.3 Å². The summed E-state index contributed by atoms with van der Waals surface area (Å²) < 4.78 is 5.95. The first-order chi connectivity index (χ1) is 12.2. The van der Waals surface area contributed by atoms with Crippen LogP contribution < -0.4 is 20.7 Å². The van der Waals surface area contributed by atoms with Crippen molar-refractivity contribution in [2.75, 3.05) is 26.2 Å². The smallest absolute Gasteiger partial charge is 0.225 e. The van der Waals surface area contributed by atoms with Gasteiger partial charge in [-0.05, 0) is 32.4 Å². The van der Waals surface area contributed by atoms with Crippen LogP contribution in [0.5, 0.6) is 5.75 Å². The van der Waals surface area contributed by atoms with Crippen LogP contribution in [0.2, 0.25) is 0 Å². The average molecular weight is 490 g/mol. The standard InChI is InChI=1S/C20H34N4O2.HI/c1-7-21-19(23-13-12-22-18(25)20(4,5)6)24-14-16(3)26-17-11-9-8-10-15(17)2;/h8-11,16H,7,12-14H2,1-6H3,(H,22,25)(H2,21,23,24);1H. The van der Waals surface area contributed by atoms with E-state index in [9.17, 15) is 4.79 Å². The second-order valence-electron chi connectivity index (χ2n) is 7.35. The van der Waals surface area contributed by atoms with Crippen molar-refractivity contribution in [1.82, 2.24) is 16.0 Å². The van der Waals surface area contributed by atoms with Crippen LogP contribution in [-0.2, 0) is 4.79 Å². The maximum Gasteiger partial charge on any atom is 0.225 e. The van der Waals surface area contributed by atoms with E-state index < -0.39 is 0 Å². The number of hydrogen-bond acceptors (Lipinski definition) is 3. The molecule has 27 heavy (non-hydrogen) atoms. The summed E-state index contributed by atoms with van der Waals surface area (Å²) in [4.78, 5) is 16.4. The van der Waals surface area contributed by atoms with Gasteiger partial charge in [0.2, 0.25) is 5.91 Å². The third kappa shape index (κ3) is 10.4. The number of nitrogens with zero attached hydrogens (tertiary/aromatic N) is 1. The summed E-state index contributed by atoms with van der Waals surface area (Å²) in [5.41, 5.74) is 0.740. The van der Waals surface area contributed by atoms with Crippen molar-refractivity contribution in [2.24, 2.45) is 10.4 Å². The highest BCUT2D eigenvalue weighted by atomic mass is 127. The Morgan fingerprint density at radius 3 is 2.37 bits per heavy atom. The van der Waals surface area contributed by atoms with Crippen molar-refractivity contribution in [2.45, 2.75) is 47.6 Å². The van der Waals surface area contributed by atoms with E-state index in [1.54, 1.807) is 0 Å². The Balaban J connectivity index is 0.00000676. The summed E-state index contributed by atoms with van der Waals surface area (Å²) in [6.45, 7) is 14.2. The maximum atomic E-state index is 11.8. The van der Waals surface area contributed by atoms with Gasteiger partial charge >= 0.3 is 0 Å². The highest BCUT2D eigenvalue weighted by Gasteiger charge is 2.20. The van der Waals surface area contributed by atoms with Gasteiger partial charge in [-0.2, -0.15) is 0 Å². The van der Waals surface area contributed by atoms with Crippen molar-refractivity contribution < 1.29 is 9.53 Å². The lowest BCUT2D eigenvalue weighted by Gasteiger charge is -2.18. The van der Waals surface area contributed by atoms with Crippen molar-refractivity contribution in [1.29, 1.82) is 0 Å². The molecule has 0 spiro atoms. The fourth-order valence-corrected chi connectivity index (χ4v) is 2.13. The fourth-order valence-electron chi connectivity index (χ4n) is 2.13. The minimum atomic E-state index is -0.374. The molecule has 3 N–H and O–H groups in total. The number of carbonyl (C=O) groups excluding carboxylic acids is 1. The summed E-state index contributed by atoms with van der Waals surface area (Å²) in [6, 6.07) is 7.96. The van der Waals surface area contributed by atoms with Crippen LogP contribution in [-0.4, -0.2) is 44.1 Å². The molecule has 1 rings (SSSR count). The van der Waals surface area contributed by atoms with Gasteiger partial charge in [-0.15, -0.1) is 24.0 Å². The lowest BCUT2D eigenvalue weighted by atomic mass is 9.96. The predicted octanol–water partition coefficient (Wildman–Crippen LogP) is 3.10. The third-order valence-electron chi connectivity index (χ3n) is 3.66. The Bertz CT molecular complexity index is 600. The molecule has 0 saturated carbocycles. The monoisotopic (exact) mass is 490 g/mol. The zero-order chi connectivity index (χ0) is 19.6. The molecule has 0 aliphatic rings. The normalized spacial score (nSPS) is 12.6. The van der Waals surface area contributed by atoms with Gasteiger partial charge in [0, 0.05) is 25.0 Å². The van der Waals surface area contributed by atoms with Gasteiger partial charge in [0.1, 0.15) is 11.9 Å². The molecular weight excluding hydrogens is 455 g/mol. The average Bonchev–Trinajstić information content (AvgIpc) is 2.57. The summed E-state index contributed by atoms with van der Waals surface area (Å²) in [5.74, 6) is 1.65. The van der Waals surface area contributed by atoms with Gasteiger partial charge in [0.05, 0.1) is 6.54 Å². The summed E-state index contributed by atoms with van der Waals surface area (Å²) in [5, 5.41) is 9.34. The molecule has 0 fully saturated rings. The quantitative estimate of drug-likeness (QED) is 0.227. The number of ether oxygens (including phenoxy) is 1. The molecule has 6 nitrogen and oxygen atoms in total. The predicted molar refractivity (Wildman–Crippen MR) is 123 cm³/mol. The van der Waals surface area contributed by atoms with E-state index >= 15 is 0 Å². The molecule has 1 unspecified atom stereocenters. The molecular formula is C20H35IN4O2. The summed E-state index contributed by atoms with van der Waals surface area (Å²) in [7, 11) is 0. The Hall–Kier alpha value is -1.51. The van der Waals surface area contributed by atoms with Crippen LogP contribution >= 0.6 is 24.0 Å². The molecule has 0 aliphatic carbocycles. The molecule has 1 amide bonds. The Morgan fingerprint density at radius 1 is 1.15 bits per heavy atom. The number of aliphatic imine (C=N–C) groups is 1. The first kappa shape index (κ1) is 25.5. The largest absolute Gasteiger partial charge is 0.489 e. The first-order valence-corrected chi connectivity index (χ1v) is 9.26. The van der Waals surface area contributed by atoms with E-state index in [1.807, 2.05) is 65.8 Å². The minimum absolute atomic E-state index is 0. The number of rotatable bonds is 8. The molecule has 7 heteroatoms. The van der Waals surface area contributed by atoms with E-state index in [0.717, 1.165) is 23.8 Å². The Kier molecular flexibility index (Phi) is 12.1. The zero-order valence-electron chi connectivity index (χ0n) is 17.4. The van der Waals surface area contributed by atoms with E-state index in [0.29, 0.717) is 19.6 Å². The SMILES string of the molecule is CCNC(=NCC(C)Oc1ccccc1C)NCCNC(=O)C(C)(C)C.I. The second-order valence-corrected chi connectivity index (χ2v) is 7.35. The lowest BCUT2D eigenvalue weighted by Crippen LogP contribution is -2.43. The fraction of sp³-hybridized carbons (Fsp3) is 0.600. The van der Waals surface area contributed by atoms with Crippen LogP contribution in [0.1, 0.15) is 40.2 Å². The Labute approximate surface area is 181 Å². The number of hydrogen-bond donors (Lipinski definition) is 3. The molecule has 0 heterocycles. The zero-order valence-corrected chi connectivity index (χ0v) is 19.7. The number of carbonyl (C=O) groups is 1. The highest BCUT2D eigenvalue weighted by molar-refractivity contribution is 14.0. The highest BCUT2D eigenvalue weighted by Crippen LogP contribution is 2.17. The number of guanidine groups is 1. The topological polar surface area (TPSA) is 74.8 Å². The molecule has 0 saturated heterocycles. The number of amides is 1. The molecule has 154 valence electrons. The Morgan fingerprint density at radius 2 is 1.78 bits per heavy atom. The van der Waals surface area contributed by atoms with Crippen LogP contribution in [0.15, 0.2) is 29.3 Å². The van der Waals surface area contributed by atoms with Crippen molar-refractivity contribution in [3.05, 3.63) is 29.8 Å². The number of nitrogens with one attached hydrogen (secondary N) is 3. The summed E-state index contributed by atoms with van der Waals surface area (Å²) >= 11 is 0. The lowest BCUT2D eigenvalue weighted by molar-refractivity contribution is -0.128. The molecule has 0 aliphatic heterocycles. The van der Waals surface area contributed by atoms with Gasteiger partial charge in [0.15, 0.2) is 5.96 Å². The minimum Gasteiger partial charge on any atom is -0.489 e. The second kappa shape index (κ2) is 12.8. The summed E-state index contributed by atoms with van der Waals surface area (Å²) in [6.07, 6.45) is -0.0350. The van der Waals surface area contributed by atoms with Crippen molar-refractivity contribution in [3.8, 4) is 5.75 Å². The van der Waals surface area contributed by atoms with Gasteiger partial charge in [-0.25, -0.2) is 4.99 Å². The van der Waals surface area contributed by atoms with E-state index in [2.05, 4.69) is 20.9 Å². The van der Waals surface area contributed by atoms with Gasteiger partial charge in [0.25, 0.3) is 0 Å². The van der Waals surface area contributed by atoms with Crippen molar-refractivity contribution >= 4 is 35.8 Å². The molecule has 0 aromatic heterocycles. The molecule has 1 aromatic rings. The van der Waals surface area contributed by atoms with Crippen LogP contribution in [0.25, 0.3) is 0 Å². The van der Waals surface area contributed by atoms with Gasteiger partial charge in [-0.3, -0.25) is 4.79 Å². The maximum absolute atomic E-state index is 11.8. The van der Waals surface area contributed by atoms with Gasteiger partial charge < -0.3 is 20.7 Å². The number of aryl methyl sites for hydroxylation is 1. The van der Waals surface area contributed by atoms with Crippen LogP contribution in [0.3, 0.4) is 0 Å². The molecule has 0 radical (unpaired) electrons. The third-order valence-corrected chi connectivity index (χ3v) is 3.66. The molecule has 1 aromatic carbocycles. The molecule has 0 bridgehead atoms. The van der Waals surface area contributed by atoms with E-state index in [4.69, 9.17) is 4.74 Å².